The van der Waals surface area contributed by atoms with E-state index < -0.39 is 0 Å². The standard InChI is InChI=1S/C12H9BrN2O2/c13-12-5-8(14-7-15-12)11-6-16-9-3-1-2-4-10(9)17-11/h1-5,7,11H,6H2/t11-/m0/s1. The number of rotatable bonds is 1. The van der Waals surface area contributed by atoms with E-state index in [1.54, 1.807) is 0 Å². The number of aromatic nitrogens is 2. The van der Waals surface area contributed by atoms with E-state index in [9.17, 15) is 0 Å². The van der Waals surface area contributed by atoms with Gasteiger partial charge >= 0.3 is 0 Å². The molecule has 1 atom stereocenters. The van der Waals surface area contributed by atoms with Gasteiger partial charge in [0.25, 0.3) is 0 Å². The summed E-state index contributed by atoms with van der Waals surface area (Å²) in [5, 5.41) is 0. The van der Waals surface area contributed by atoms with Crippen LogP contribution in [-0.2, 0) is 0 Å². The van der Waals surface area contributed by atoms with E-state index in [4.69, 9.17) is 9.47 Å². The van der Waals surface area contributed by atoms with Gasteiger partial charge in [0, 0.05) is 0 Å². The molecule has 17 heavy (non-hydrogen) atoms. The summed E-state index contributed by atoms with van der Waals surface area (Å²) < 4.78 is 12.2. The highest BCUT2D eigenvalue weighted by Gasteiger charge is 2.23. The quantitative estimate of drug-likeness (QED) is 0.758. The van der Waals surface area contributed by atoms with Gasteiger partial charge in [0.1, 0.15) is 17.5 Å². The van der Waals surface area contributed by atoms with Crippen molar-refractivity contribution < 1.29 is 9.47 Å². The maximum absolute atomic E-state index is 5.84. The molecular formula is C12H9BrN2O2. The van der Waals surface area contributed by atoms with Crippen LogP contribution in [-0.4, -0.2) is 16.6 Å². The summed E-state index contributed by atoms with van der Waals surface area (Å²) in [6.07, 6.45) is 1.31. The molecule has 0 aliphatic carbocycles. The number of para-hydroxylation sites is 2. The third kappa shape index (κ3) is 2.10. The molecule has 0 fully saturated rings. The third-order valence-corrected chi connectivity index (χ3v) is 2.93. The van der Waals surface area contributed by atoms with Gasteiger partial charge in [-0.3, -0.25) is 0 Å². The van der Waals surface area contributed by atoms with Crippen LogP contribution in [0, 0.1) is 0 Å². The van der Waals surface area contributed by atoms with Gasteiger partial charge in [-0.2, -0.15) is 0 Å². The summed E-state index contributed by atoms with van der Waals surface area (Å²) in [6, 6.07) is 9.45. The van der Waals surface area contributed by atoms with Crippen molar-refractivity contribution in [3.8, 4) is 11.5 Å². The number of halogens is 1. The molecular weight excluding hydrogens is 284 g/mol. The van der Waals surface area contributed by atoms with Gasteiger partial charge in [0.05, 0.1) is 5.69 Å². The predicted octanol–water partition coefficient (Wildman–Crippen LogP) is 2.75. The normalized spacial score (nSPS) is 17.8. The minimum Gasteiger partial charge on any atom is -0.485 e. The van der Waals surface area contributed by atoms with Crippen molar-refractivity contribution in [2.24, 2.45) is 0 Å². The Morgan fingerprint density at radius 1 is 1.18 bits per heavy atom. The van der Waals surface area contributed by atoms with Crippen LogP contribution in [0.4, 0.5) is 0 Å². The second-order valence-electron chi connectivity index (χ2n) is 3.63. The number of ether oxygens (including phenoxy) is 2. The van der Waals surface area contributed by atoms with Crippen LogP contribution in [0.15, 0.2) is 41.3 Å². The summed E-state index contributed by atoms with van der Waals surface area (Å²) in [5.41, 5.74) is 0.807. The summed E-state index contributed by atoms with van der Waals surface area (Å²) in [6.45, 7) is 0.459. The van der Waals surface area contributed by atoms with E-state index >= 15 is 0 Å². The third-order valence-electron chi connectivity index (χ3n) is 2.49. The van der Waals surface area contributed by atoms with Crippen LogP contribution in [0.3, 0.4) is 0 Å². The minimum atomic E-state index is -0.191. The fourth-order valence-electron chi connectivity index (χ4n) is 1.69. The molecule has 86 valence electrons. The number of nitrogens with zero attached hydrogens (tertiary/aromatic N) is 2. The molecule has 2 heterocycles. The summed E-state index contributed by atoms with van der Waals surface area (Å²) in [4.78, 5) is 8.18. The fourth-order valence-corrected chi connectivity index (χ4v) is 2.01. The van der Waals surface area contributed by atoms with Crippen LogP contribution in [0.1, 0.15) is 11.8 Å². The smallest absolute Gasteiger partial charge is 0.175 e. The highest BCUT2D eigenvalue weighted by molar-refractivity contribution is 9.10. The lowest BCUT2D eigenvalue weighted by Gasteiger charge is -2.25. The molecule has 0 saturated heterocycles. The first-order valence-electron chi connectivity index (χ1n) is 5.19. The molecule has 0 spiro atoms. The molecule has 0 bridgehead atoms. The van der Waals surface area contributed by atoms with Crippen LogP contribution < -0.4 is 9.47 Å². The molecule has 1 aliphatic rings. The van der Waals surface area contributed by atoms with E-state index in [-0.39, 0.29) is 6.10 Å². The van der Waals surface area contributed by atoms with Crippen molar-refractivity contribution >= 4 is 15.9 Å². The van der Waals surface area contributed by atoms with E-state index in [2.05, 4.69) is 25.9 Å². The SMILES string of the molecule is Brc1cc([C@@H]2COc3ccccc3O2)ncn1. The summed E-state index contributed by atoms with van der Waals surface area (Å²) in [5.74, 6) is 1.52. The molecule has 3 rings (SSSR count). The predicted molar refractivity (Wildman–Crippen MR) is 65.0 cm³/mol. The zero-order valence-corrected chi connectivity index (χ0v) is 10.4. The Balaban J connectivity index is 1.89. The number of benzene rings is 1. The summed E-state index contributed by atoms with van der Waals surface area (Å²) >= 11 is 3.31. The molecule has 0 saturated carbocycles. The Morgan fingerprint density at radius 2 is 2.00 bits per heavy atom. The monoisotopic (exact) mass is 292 g/mol. The van der Waals surface area contributed by atoms with Gasteiger partial charge in [0.2, 0.25) is 0 Å². The van der Waals surface area contributed by atoms with Gasteiger partial charge < -0.3 is 9.47 Å². The van der Waals surface area contributed by atoms with Crippen molar-refractivity contribution in [1.82, 2.24) is 9.97 Å². The lowest BCUT2D eigenvalue weighted by atomic mass is 10.2. The van der Waals surface area contributed by atoms with Crippen molar-refractivity contribution in [2.45, 2.75) is 6.10 Å². The maximum Gasteiger partial charge on any atom is 0.175 e. The molecule has 1 aliphatic heterocycles. The van der Waals surface area contributed by atoms with E-state index in [0.717, 1.165) is 21.8 Å². The lowest BCUT2D eigenvalue weighted by Crippen LogP contribution is -2.22. The Hall–Kier alpha value is -1.62. The van der Waals surface area contributed by atoms with Gasteiger partial charge in [-0.15, -0.1) is 0 Å². The van der Waals surface area contributed by atoms with Crippen molar-refractivity contribution in [1.29, 1.82) is 0 Å². The highest BCUT2D eigenvalue weighted by Crippen LogP contribution is 2.35. The molecule has 0 amide bonds. The Labute approximate surface area is 107 Å². The topological polar surface area (TPSA) is 44.2 Å². The molecule has 0 unspecified atom stereocenters. The molecule has 1 aromatic heterocycles. The lowest BCUT2D eigenvalue weighted by molar-refractivity contribution is 0.0881. The first-order valence-corrected chi connectivity index (χ1v) is 5.98. The van der Waals surface area contributed by atoms with Crippen LogP contribution in [0.25, 0.3) is 0 Å². The average Bonchev–Trinajstić information content (AvgIpc) is 2.38. The zero-order valence-electron chi connectivity index (χ0n) is 8.84. The van der Waals surface area contributed by atoms with E-state index in [1.165, 1.54) is 6.33 Å². The first kappa shape index (κ1) is 10.5. The largest absolute Gasteiger partial charge is 0.485 e. The van der Waals surface area contributed by atoms with E-state index in [0.29, 0.717) is 6.61 Å². The van der Waals surface area contributed by atoms with Crippen molar-refractivity contribution in [3.63, 3.8) is 0 Å². The average molecular weight is 293 g/mol. The fraction of sp³-hybridized carbons (Fsp3) is 0.167. The second-order valence-corrected chi connectivity index (χ2v) is 4.44. The number of hydrogen-bond acceptors (Lipinski definition) is 4. The molecule has 2 aromatic rings. The minimum absolute atomic E-state index is 0.191. The van der Waals surface area contributed by atoms with E-state index in [1.807, 2.05) is 30.3 Å². The Bertz CT molecular complexity index is 548. The first-order chi connectivity index (χ1) is 8.33. The molecule has 1 aromatic carbocycles. The van der Waals surface area contributed by atoms with Crippen molar-refractivity contribution in [3.05, 3.63) is 47.0 Å². The van der Waals surface area contributed by atoms with Gasteiger partial charge in [-0.25, -0.2) is 9.97 Å². The summed E-state index contributed by atoms with van der Waals surface area (Å²) in [7, 11) is 0. The van der Waals surface area contributed by atoms with Gasteiger partial charge in [0.15, 0.2) is 17.6 Å². The van der Waals surface area contributed by atoms with Crippen LogP contribution in [0.2, 0.25) is 0 Å². The second kappa shape index (κ2) is 4.33. The van der Waals surface area contributed by atoms with Gasteiger partial charge in [-0.05, 0) is 34.1 Å². The molecule has 0 N–H and O–H groups in total. The maximum atomic E-state index is 5.84. The molecule has 0 radical (unpaired) electrons. The zero-order chi connectivity index (χ0) is 11.7. The van der Waals surface area contributed by atoms with Gasteiger partial charge in [-0.1, -0.05) is 12.1 Å². The highest BCUT2D eigenvalue weighted by atomic mass is 79.9. The number of hydrogen-bond donors (Lipinski definition) is 0. The molecule has 4 nitrogen and oxygen atoms in total. The Morgan fingerprint density at radius 3 is 2.82 bits per heavy atom. The molecule has 5 heteroatoms. The van der Waals surface area contributed by atoms with Crippen LogP contribution in [0.5, 0.6) is 11.5 Å². The van der Waals surface area contributed by atoms with Crippen molar-refractivity contribution in [2.75, 3.05) is 6.61 Å². The Kier molecular flexibility index (Phi) is 2.68. The van der Waals surface area contributed by atoms with Crippen LogP contribution >= 0.6 is 15.9 Å². The number of fused-ring (bicyclic) bond motifs is 1.